The quantitative estimate of drug-likeness (QED) is 0.0375. The number of nitrogens with zero attached hydrogens (tertiary/aromatic N) is 2. The number of thioether (sulfide) groups is 2. The van der Waals surface area contributed by atoms with Gasteiger partial charge in [0.05, 0.1) is 13.1 Å². The zero-order valence-electron chi connectivity index (χ0n) is 68.4. The van der Waals surface area contributed by atoms with E-state index in [1.165, 1.54) is 210 Å². The summed E-state index contributed by atoms with van der Waals surface area (Å²) in [6, 6.07) is 7.79. The molecule has 2 unspecified atom stereocenters. The number of unbranched alkanes of at least 4 members (excludes halogenated alkanes) is 30. The van der Waals surface area contributed by atoms with Crippen LogP contribution in [0.25, 0.3) is 0 Å². The highest BCUT2D eigenvalue weighted by Crippen LogP contribution is 2.45. The summed E-state index contributed by atoms with van der Waals surface area (Å²) >= 11 is 3.88. The number of esters is 2. The van der Waals surface area contributed by atoms with Gasteiger partial charge in [-0.3, -0.25) is 19.3 Å². The van der Waals surface area contributed by atoms with Crippen LogP contribution in [0.4, 0.5) is 4.79 Å². The summed E-state index contributed by atoms with van der Waals surface area (Å²) in [5.74, 6) is 3.53. The van der Waals surface area contributed by atoms with Crippen LogP contribution in [-0.2, 0) is 58.4 Å². The van der Waals surface area contributed by atoms with Crippen LogP contribution in [-0.4, -0.2) is 97.7 Å². The predicted molar refractivity (Wildman–Crippen MR) is 436 cm³/mol. The lowest BCUT2D eigenvalue weighted by Crippen LogP contribution is -2.48. The maximum atomic E-state index is 15.0. The molecular weight excluding hydrogens is 1290 g/mol. The number of ether oxygens (including phenoxy) is 2. The summed E-state index contributed by atoms with van der Waals surface area (Å²) in [6.07, 6.45) is 48.8. The number of rotatable bonds is 62. The monoisotopic (exact) mass is 1450 g/mol. The van der Waals surface area contributed by atoms with Crippen molar-refractivity contribution in [3.8, 4) is 11.5 Å². The third-order valence-electron chi connectivity index (χ3n) is 23.2. The molecule has 101 heavy (non-hydrogen) atoms. The minimum absolute atomic E-state index is 0.0588. The van der Waals surface area contributed by atoms with Crippen molar-refractivity contribution in [3.63, 3.8) is 0 Å². The molecule has 0 radical (unpaired) electrons. The molecule has 10 nitrogen and oxygen atoms in total. The van der Waals surface area contributed by atoms with Gasteiger partial charge in [-0.05, 0) is 147 Å². The molecule has 3 amide bonds. The number of aryl methyl sites for hydroxylation is 2. The van der Waals surface area contributed by atoms with Crippen LogP contribution in [0.15, 0.2) is 24.3 Å². The van der Waals surface area contributed by atoms with E-state index in [2.05, 4.69) is 121 Å². The largest absolute Gasteiger partial charge is 0.507 e. The molecule has 2 atom stereocenters. The second kappa shape index (κ2) is 50.2. The van der Waals surface area contributed by atoms with Gasteiger partial charge in [-0.1, -0.05) is 314 Å². The lowest BCUT2D eigenvalue weighted by molar-refractivity contribution is -0.152. The Morgan fingerprint density at radius 2 is 0.663 bits per heavy atom. The highest BCUT2D eigenvalue weighted by molar-refractivity contribution is 7.99. The maximum absolute atomic E-state index is 15.0. The Labute approximate surface area is 630 Å². The highest BCUT2D eigenvalue weighted by atomic mass is 32.2. The highest BCUT2D eigenvalue weighted by Gasteiger charge is 2.52. The van der Waals surface area contributed by atoms with Gasteiger partial charge in [0.2, 0.25) is 0 Å². The van der Waals surface area contributed by atoms with E-state index in [0.29, 0.717) is 37.2 Å². The molecule has 0 aromatic heterocycles. The van der Waals surface area contributed by atoms with E-state index in [9.17, 15) is 24.6 Å². The van der Waals surface area contributed by atoms with Crippen molar-refractivity contribution in [2.75, 3.05) is 36.1 Å². The van der Waals surface area contributed by atoms with Gasteiger partial charge in [0.15, 0.2) is 0 Å². The van der Waals surface area contributed by atoms with Gasteiger partial charge in [0.25, 0.3) is 5.91 Å². The van der Waals surface area contributed by atoms with Crippen molar-refractivity contribution in [2.45, 2.75) is 433 Å². The van der Waals surface area contributed by atoms with Crippen molar-refractivity contribution in [2.24, 2.45) is 0 Å². The second-order valence-corrected chi connectivity index (χ2v) is 36.2. The number of phenolic OH excluding ortho intramolecular Hbond substituents is 2. The van der Waals surface area contributed by atoms with Crippen LogP contribution in [0.5, 0.6) is 11.5 Å². The predicted octanol–water partition coefficient (Wildman–Crippen LogP) is 25.8. The Kier molecular flexibility index (Phi) is 45.7. The van der Waals surface area contributed by atoms with Crippen molar-refractivity contribution in [3.05, 3.63) is 57.6 Å². The molecule has 1 fully saturated rings. The molecular formula is C89H156N2O8S2. The molecule has 1 heterocycles. The van der Waals surface area contributed by atoms with Crippen molar-refractivity contribution in [1.82, 2.24) is 9.80 Å². The average Bonchev–Trinajstić information content (AvgIpc) is 1.75. The number of aromatic hydroxyl groups is 2. The summed E-state index contributed by atoms with van der Waals surface area (Å²) in [6.45, 7) is 33.9. The van der Waals surface area contributed by atoms with Gasteiger partial charge in [0.1, 0.15) is 29.2 Å². The van der Waals surface area contributed by atoms with E-state index < -0.39 is 23.8 Å². The van der Waals surface area contributed by atoms with E-state index in [4.69, 9.17) is 9.47 Å². The second-order valence-electron chi connectivity index (χ2n) is 33.7. The van der Waals surface area contributed by atoms with Crippen LogP contribution >= 0.6 is 23.5 Å². The summed E-state index contributed by atoms with van der Waals surface area (Å²) in [5.41, 5.74) is 3.14. The van der Waals surface area contributed by atoms with Crippen molar-refractivity contribution in [1.29, 1.82) is 0 Å². The van der Waals surface area contributed by atoms with Gasteiger partial charge < -0.3 is 24.6 Å². The van der Waals surface area contributed by atoms with Crippen LogP contribution in [0, 0.1) is 0 Å². The molecule has 12 heteroatoms. The SMILES string of the molecule is CCCCCCCCCCCCCCCCCCSCCCC(CN1C(=O)N(CC(CCCSCCCCCCCCCCCCCCCCCC)OC(=O)CCc2cc(C(C)(C)CC)c(O)c(C(C)(C)CC)c2)C(C)(C)C1=O)OC(=O)CCc1cc(C(C)(C)CC)c(O)c(C(C)(C)CC)c1. The molecule has 3 rings (SSSR count). The molecule has 1 saturated heterocycles. The molecule has 0 spiro atoms. The van der Waals surface area contributed by atoms with Crippen LogP contribution < -0.4 is 0 Å². The summed E-state index contributed by atoms with van der Waals surface area (Å²) in [5, 5.41) is 23.4. The van der Waals surface area contributed by atoms with Crippen LogP contribution in [0.1, 0.15) is 414 Å². The molecule has 0 saturated carbocycles. The molecule has 0 bridgehead atoms. The number of imide groups is 1. The first kappa shape index (κ1) is 91.8. The summed E-state index contributed by atoms with van der Waals surface area (Å²) in [7, 11) is 0. The third-order valence-corrected chi connectivity index (χ3v) is 25.5. The normalized spacial score (nSPS) is 14.4. The first-order valence-electron chi connectivity index (χ1n) is 42.1. The minimum atomic E-state index is -1.25. The smallest absolute Gasteiger partial charge is 0.327 e. The Bertz CT molecular complexity index is 2540. The van der Waals surface area contributed by atoms with Crippen molar-refractivity contribution < 1.29 is 38.9 Å². The number of carbonyl (C=O) groups excluding carboxylic acids is 4. The topological polar surface area (TPSA) is 134 Å². The van der Waals surface area contributed by atoms with E-state index in [1.54, 1.807) is 18.7 Å². The molecule has 1 aliphatic heterocycles. The Morgan fingerprint density at radius 3 is 0.941 bits per heavy atom. The van der Waals surface area contributed by atoms with E-state index in [0.717, 1.165) is 94.9 Å². The summed E-state index contributed by atoms with van der Waals surface area (Å²) < 4.78 is 12.9. The standard InChI is InChI=1S/C89H156N2O8S2/c1-17-23-25-27-29-31-33-35-37-39-41-43-45-47-49-51-61-100-63-53-55-73(98-79(92)59-57-71-65-75(85(7,8)19-3)81(94)76(66-71)86(9,10)20-4)69-90-83(96)89(15,16)91(84(90)97)70-74(56-54-64-101-62-52-50-48-46-44-42-40-38-36-34-32-30-28-26-24-18-2)99-80(93)60-58-72-67-77(87(11,12)21-5)82(95)78(68-72)88(13,14)22-6/h65-68,73-74,94-95H,17-64,69-70H2,1-16H3. The average molecular weight is 1450 g/mol. The van der Waals surface area contributed by atoms with Gasteiger partial charge in [0, 0.05) is 35.1 Å². The number of hydrogen-bond donors (Lipinski definition) is 2. The summed E-state index contributed by atoms with van der Waals surface area (Å²) in [4.78, 5) is 61.2. The van der Waals surface area contributed by atoms with Crippen LogP contribution in [0.2, 0.25) is 0 Å². The number of benzene rings is 2. The number of phenols is 2. The zero-order chi connectivity index (χ0) is 74.7. The maximum Gasteiger partial charge on any atom is 0.327 e. The fourth-order valence-corrected chi connectivity index (χ4v) is 16.2. The molecule has 0 aliphatic carbocycles. The zero-order valence-corrected chi connectivity index (χ0v) is 70.0. The van der Waals surface area contributed by atoms with Gasteiger partial charge in [-0.2, -0.15) is 23.5 Å². The number of urea groups is 1. The molecule has 2 aromatic rings. The van der Waals surface area contributed by atoms with Crippen LogP contribution in [0.3, 0.4) is 0 Å². The van der Waals surface area contributed by atoms with Crippen molar-refractivity contribution >= 4 is 47.4 Å². The fourth-order valence-electron chi connectivity index (χ4n) is 14.2. The van der Waals surface area contributed by atoms with Gasteiger partial charge >= 0.3 is 18.0 Å². The number of carbonyl (C=O) groups is 4. The number of amides is 3. The Morgan fingerprint density at radius 1 is 0.406 bits per heavy atom. The lowest BCUT2D eigenvalue weighted by atomic mass is 9.74. The minimum Gasteiger partial charge on any atom is -0.507 e. The van der Waals surface area contributed by atoms with Gasteiger partial charge in [-0.15, -0.1) is 0 Å². The van der Waals surface area contributed by atoms with E-state index in [-0.39, 0.29) is 65.4 Å². The Hall–Kier alpha value is -3.38. The molecule has 582 valence electrons. The first-order chi connectivity index (χ1) is 48.2. The first-order valence-corrected chi connectivity index (χ1v) is 44.4. The Balaban J connectivity index is 1.76. The molecule has 1 aliphatic rings. The van der Waals surface area contributed by atoms with E-state index >= 15 is 4.79 Å². The number of hydrogen-bond acceptors (Lipinski definition) is 10. The van der Waals surface area contributed by atoms with E-state index in [1.807, 2.05) is 23.5 Å². The molecule has 2 N–H and O–H groups in total. The fraction of sp³-hybridized carbons (Fsp3) is 0.820. The lowest BCUT2D eigenvalue weighted by Gasteiger charge is -2.32. The van der Waals surface area contributed by atoms with Gasteiger partial charge in [-0.25, -0.2) is 4.79 Å². The molecule has 2 aromatic carbocycles. The third kappa shape index (κ3) is 34.4.